The van der Waals surface area contributed by atoms with Gasteiger partial charge in [0.1, 0.15) is 5.82 Å². The Morgan fingerprint density at radius 1 is 1.47 bits per heavy atom. The molecule has 2 rings (SSSR count). The standard InChI is InChI=1S/C15H22FN/c1-11(2)9-17-10-13-8-15(13,3)12-5-4-6-14(16)7-12/h4-7,11,13,17H,8-10H2,1-3H3. The van der Waals surface area contributed by atoms with Crippen molar-refractivity contribution in [1.29, 1.82) is 0 Å². The fourth-order valence-electron chi connectivity index (χ4n) is 2.49. The van der Waals surface area contributed by atoms with Gasteiger partial charge in [-0.3, -0.25) is 0 Å². The van der Waals surface area contributed by atoms with Gasteiger partial charge in [0.05, 0.1) is 0 Å². The molecule has 0 aliphatic heterocycles. The van der Waals surface area contributed by atoms with Crippen LogP contribution in [0.25, 0.3) is 0 Å². The van der Waals surface area contributed by atoms with Crippen LogP contribution in [0, 0.1) is 17.7 Å². The molecule has 0 aromatic heterocycles. The third-order valence-electron chi connectivity index (χ3n) is 3.84. The van der Waals surface area contributed by atoms with Crippen LogP contribution < -0.4 is 5.32 Å². The lowest BCUT2D eigenvalue weighted by Crippen LogP contribution is -2.24. The fourth-order valence-corrected chi connectivity index (χ4v) is 2.49. The summed E-state index contributed by atoms with van der Waals surface area (Å²) in [4.78, 5) is 0. The van der Waals surface area contributed by atoms with E-state index in [9.17, 15) is 4.39 Å². The van der Waals surface area contributed by atoms with Gasteiger partial charge in [-0.2, -0.15) is 0 Å². The molecule has 0 saturated heterocycles. The highest BCUT2D eigenvalue weighted by Gasteiger charge is 2.50. The van der Waals surface area contributed by atoms with E-state index in [1.165, 1.54) is 12.5 Å². The normalized spacial score (nSPS) is 27.5. The molecule has 2 atom stereocenters. The summed E-state index contributed by atoms with van der Waals surface area (Å²) >= 11 is 0. The van der Waals surface area contributed by atoms with Gasteiger partial charge in [0.15, 0.2) is 0 Å². The molecule has 17 heavy (non-hydrogen) atoms. The zero-order valence-corrected chi connectivity index (χ0v) is 11.0. The number of halogens is 1. The van der Waals surface area contributed by atoms with Crippen LogP contribution in [0.1, 0.15) is 32.8 Å². The number of nitrogens with one attached hydrogen (secondary N) is 1. The zero-order valence-electron chi connectivity index (χ0n) is 11.0. The van der Waals surface area contributed by atoms with E-state index in [0.717, 1.165) is 18.7 Å². The summed E-state index contributed by atoms with van der Waals surface area (Å²) in [7, 11) is 0. The first kappa shape index (κ1) is 12.6. The lowest BCUT2D eigenvalue weighted by molar-refractivity contribution is 0.514. The summed E-state index contributed by atoms with van der Waals surface area (Å²) in [5.41, 5.74) is 1.33. The first-order valence-electron chi connectivity index (χ1n) is 6.49. The second-order valence-electron chi connectivity index (χ2n) is 5.88. The Morgan fingerprint density at radius 3 is 2.88 bits per heavy atom. The van der Waals surface area contributed by atoms with Gasteiger partial charge in [-0.25, -0.2) is 4.39 Å². The van der Waals surface area contributed by atoms with E-state index in [4.69, 9.17) is 0 Å². The van der Waals surface area contributed by atoms with Crippen LogP contribution in [0.3, 0.4) is 0 Å². The highest BCUT2D eigenvalue weighted by Crippen LogP contribution is 2.53. The van der Waals surface area contributed by atoms with Gasteiger partial charge >= 0.3 is 0 Å². The van der Waals surface area contributed by atoms with Crippen LogP contribution in [0.5, 0.6) is 0 Å². The second-order valence-corrected chi connectivity index (χ2v) is 5.88. The molecule has 1 saturated carbocycles. The van der Waals surface area contributed by atoms with Gasteiger partial charge in [0.2, 0.25) is 0 Å². The molecule has 2 unspecified atom stereocenters. The third kappa shape index (κ3) is 2.86. The summed E-state index contributed by atoms with van der Waals surface area (Å²) in [5, 5.41) is 3.49. The van der Waals surface area contributed by atoms with Crippen LogP contribution in [-0.2, 0) is 5.41 Å². The molecule has 1 aliphatic rings. The van der Waals surface area contributed by atoms with Crippen molar-refractivity contribution in [2.75, 3.05) is 13.1 Å². The molecule has 0 spiro atoms. The summed E-state index contributed by atoms with van der Waals surface area (Å²) in [6.07, 6.45) is 1.17. The van der Waals surface area contributed by atoms with Crippen molar-refractivity contribution >= 4 is 0 Å². The molecule has 1 fully saturated rings. The van der Waals surface area contributed by atoms with Crippen LogP contribution in [0.15, 0.2) is 24.3 Å². The van der Waals surface area contributed by atoms with Crippen LogP contribution >= 0.6 is 0 Å². The SMILES string of the molecule is CC(C)CNCC1CC1(C)c1cccc(F)c1. The number of hydrogen-bond acceptors (Lipinski definition) is 1. The van der Waals surface area contributed by atoms with E-state index in [-0.39, 0.29) is 11.2 Å². The Morgan fingerprint density at radius 2 is 2.24 bits per heavy atom. The molecule has 0 bridgehead atoms. The Bertz CT molecular complexity index is 388. The van der Waals surface area contributed by atoms with Crippen molar-refractivity contribution in [2.24, 2.45) is 11.8 Å². The van der Waals surface area contributed by atoms with Crippen LogP contribution in [0.4, 0.5) is 4.39 Å². The van der Waals surface area contributed by atoms with Gasteiger partial charge in [-0.1, -0.05) is 32.9 Å². The molecule has 1 aliphatic carbocycles. The van der Waals surface area contributed by atoms with Crippen molar-refractivity contribution in [3.63, 3.8) is 0 Å². The highest BCUT2D eigenvalue weighted by molar-refractivity contribution is 5.33. The first-order chi connectivity index (χ1) is 8.02. The summed E-state index contributed by atoms with van der Waals surface area (Å²) in [6.45, 7) is 8.78. The van der Waals surface area contributed by atoms with Gasteiger partial charge in [-0.15, -0.1) is 0 Å². The van der Waals surface area contributed by atoms with E-state index >= 15 is 0 Å². The maximum Gasteiger partial charge on any atom is 0.123 e. The monoisotopic (exact) mass is 235 g/mol. The Hall–Kier alpha value is -0.890. The van der Waals surface area contributed by atoms with Gasteiger partial charge in [0.25, 0.3) is 0 Å². The number of rotatable bonds is 5. The molecule has 0 amide bonds. The van der Waals surface area contributed by atoms with Crippen molar-refractivity contribution in [1.82, 2.24) is 5.32 Å². The van der Waals surface area contributed by atoms with Crippen LogP contribution in [-0.4, -0.2) is 13.1 Å². The number of benzene rings is 1. The maximum absolute atomic E-state index is 13.2. The van der Waals surface area contributed by atoms with Gasteiger partial charge in [0, 0.05) is 0 Å². The molecular formula is C15H22FN. The maximum atomic E-state index is 13.2. The Balaban J connectivity index is 1.91. The van der Waals surface area contributed by atoms with Crippen molar-refractivity contribution in [3.8, 4) is 0 Å². The van der Waals surface area contributed by atoms with E-state index in [2.05, 4.69) is 26.1 Å². The average Bonchev–Trinajstić information content (AvgIpc) is 2.91. The quantitative estimate of drug-likeness (QED) is 0.825. The molecule has 1 aromatic rings. The van der Waals surface area contributed by atoms with Gasteiger partial charge in [-0.05, 0) is 54.5 Å². The van der Waals surface area contributed by atoms with Crippen LogP contribution in [0.2, 0.25) is 0 Å². The Kier molecular flexibility index (Phi) is 3.53. The molecule has 94 valence electrons. The largest absolute Gasteiger partial charge is 0.316 e. The molecule has 1 N–H and O–H groups in total. The molecule has 0 heterocycles. The summed E-state index contributed by atoms with van der Waals surface area (Å²) in [6, 6.07) is 7.06. The van der Waals surface area contributed by atoms with Crippen molar-refractivity contribution < 1.29 is 4.39 Å². The molecule has 2 heteroatoms. The fraction of sp³-hybridized carbons (Fsp3) is 0.600. The second kappa shape index (κ2) is 4.77. The van der Waals surface area contributed by atoms with Gasteiger partial charge < -0.3 is 5.32 Å². The minimum absolute atomic E-state index is 0.121. The van der Waals surface area contributed by atoms with E-state index in [0.29, 0.717) is 11.8 Å². The van der Waals surface area contributed by atoms with E-state index < -0.39 is 0 Å². The zero-order chi connectivity index (χ0) is 12.5. The minimum atomic E-state index is -0.121. The molecule has 1 nitrogen and oxygen atoms in total. The summed E-state index contributed by atoms with van der Waals surface area (Å²) in [5.74, 6) is 1.22. The minimum Gasteiger partial charge on any atom is -0.316 e. The predicted molar refractivity (Wildman–Crippen MR) is 69.6 cm³/mol. The average molecular weight is 235 g/mol. The van der Waals surface area contributed by atoms with E-state index in [1.54, 1.807) is 6.07 Å². The van der Waals surface area contributed by atoms with Crippen molar-refractivity contribution in [2.45, 2.75) is 32.6 Å². The van der Waals surface area contributed by atoms with Crippen molar-refractivity contribution in [3.05, 3.63) is 35.6 Å². The topological polar surface area (TPSA) is 12.0 Å². The highest BCUT2D eigenvalue weighted by atomic mass is 19.1. The smallest absolute Gasteiger partial charge is 0.123 e. The molecular weight excluding hydrogens is 213 g/mol. The lowest BCUT2D eigenvalue weighted by Gasteiger charge is -2.13. The van der Waals surface area contributed by atoms with E-state index in [1.807, 2.05) is 12.1 Å². The third-order valence-corrected chi connectivity index (χ3v) is 3.84. The molecule has 1 aromatic carbocycles. The molecule has 0 radical (unpaired) electrons. The lowest BCUT2D eigenvalue weighted by atomic mass is 9.95. The first-order valence-corrected chi connectivity index (χ1v) is 6.49. The number of hydrogen-bond donors (Lipinski definition) is 1. The Labute approximate surface area is 103 Å². The summed E-state index contributed by atoms with van der Waals surface area (Å²) < 4.78 is 13.2. The predicted octanol–water partition coefficient (Wildman–Crippen LogP) is 3.35.